The highest BCUT2D eigenvalue weighted by molar-refractivity contribution is 7.52. The van der Waals surface area contributed by atoms with Crippen LogP contribution in [0.25, 0.3) is 11.2 Å². The molecule has 0 aliphatic heterocycles. The number of nitrogens with zero attached hydrogens (tertiary/aromatic N) is 3. The van der Waals surface area contributed by atoms with Gasteiger partial charge in [0.1, 0.15) is 0 Å². The van der Waals surface area contributed by atoms with E-state index in [4.69, 9.17) is 15.5 Å². The fourth-order valence-electron chi connectivity index (χ4n) is 1.90. The van der Waals surface area contributed by atoms with Gasteiger partial charge in [0.05, 0.1) is 12.0 Å². The molecule has 1 unspecified atom stereocenters. The van der Waals surface area contributed by atoms with Gasteiger partial charge in [-0.05, 0) is 12.5 Å². The predicted molar refractivity (Wildman–Crippen MR) is 73.3 cm³/mol. The number of halogens is 2. The third kappa shape index (κ3) is 3.56. The molecule has 2 heterocycles. The van der Waals surface area contributed by atoms with E-state index in [0.717, 1.165) is 0 Å². The van der Waals surface area contributed by atoms with Gasteiger partial charge in [-0.2, -0.15) is 13.8 Å². The highest BCUT2D eigenvalue weighted by Crippen LogP contribution is 2.44. The van der Waals surface area contributed by atoms with E-state index in [1.54, 1.807) is 0 Å². The Hall–Kier alpha value is -2.10. The number of anilines is 1. The summed E-state index contributed by atoms with van der Waals surface area (Å²) in [4.78, 5) is 39.6. The number of hydrogen-bond acceptors (Lipinski definition) is 5. The number of nitrogens with two attached hydrogens (primary N) is 1. The van der Waals surface area contributed by atoms with Gasteiger partial charge in [-0.1, -0.05) is 0 Å². The minimum Gasteiger partial charge on any atom is -0.369 e. The van der Waals surface area contributed by atoms with E-state index in [0.29, 0.717) is 0 Å². The summed E-state index contributed by atoms with van der Waals surface area (Å²) in [6, 6.07) is 0. The normalized spacial score (nSPS) is 13.3. The van der Waals surface area contributed by atoms with Crippen molar-refractivity contribution in [3.63, 3.8) is 0 Å². The molecular formula is C10H12F2N5O4P. The highest BCUT2D eigenvalue weighted by atomic mass is 31.2. The Morgan fingerprint density at radius 3 is 2.82 bits per heavy atom. The first-order chi connectivity index (χ1) is 10.2. The molecule has 0 aliphatic rings. The van der Waals surface area contributed by atoms with Crippen molar-refractivity contribution >= 4 is 24.7 Å². The van der Waals surface area contributed by atoms with Crippen molar-refractivity contribution in [2.75, 3.05) is 5.73 Å². The molecule has 2 aromatic rings. The molecule has 0 spiro atoms. The van der Waals surface area contributed by atoms with Crippen molar-refractivity contribution in [1.82, 2.24) is 19.5 Å². The first-order valence-electron chi connectivity index (χ1n) is 5.97. The molecule has 22 heavy (non-hydrogen) atoms. The van der Waals surface area contributed by atoms with Crippen molar-refractivity contribution < 1.29 is 23.1 Å². The van der Waals surface area contributed by atoms with E-state index in [9.17, 15) is 18.1 Å². The zero-order valence-corrected chi connectivity index (χ0v) is 11.9. The molecule has 12 heteroatoms. The summed E-state index contributed by atoms with van der Waals surface area (Å²) >= 11 is 0. The summed E-state index contributed by atoms with van der Waals surface area (Å²) in [5.74, 6) is -0.152. The molecule has 1 atom stereocenters. The number of aryl methyl sites for hydroxylation is 1. The Bertz CT molecular complexity index is 822. The maximum absolute atomic E-state index is 12.3. The van der Waals surface area contributed by atoms with Gasteiger partial charge in [0.25, 0.3) is 11.6 Å². The second-order valence-electron chi connectivity index (χ2n) is 4.46. The maximum atomic E-state index is 12.3. The number of fused-ring (bicyclic) bond motifs is 1. The lowest BCUT2D eigenvalue weighted by Crippen LogP contribution is -2.14. The fraction of sp³-hybridized carbons (Fsp3) is 0.300. The van der Waals surface area contributed by atoms with Crippen LogP contribution >= 0.6 is 7.60 Å². The molecule has 0 saturated heterocycles. The largest absolute Gasteiger partial charge is 0.369 e. The molecule has 5 N–H and O–H groups in total. The van der Waals surface area contributed by atoms with Crippen LogP contribution in [0.4, 0.5) is 14.7 Å². The van der Waals surface area contributed by atoms with Crippen LogP contribution in [0.1, 0.15) is 6.42 Å². The van der Waals surface area contributed by atoms with Crippen LogP contribution in [0, 0.1) is 0 Å². The quantitative estimate of drug-likeness (QED) is 0.579. The Kier molecular flexibility index (Phi) is 4.40. The minimum atomic E-state index is -4.73. The van der Waals surface area contributed by atoms with Gasteiger partial charge in [-0.25, -0.2) is 4.98 Å². The highest BCUT2D eigenvalue weighted by Gasteiger charge is 2.27. The Labute approximate surface area is 121 Å². The van der Waals surface area contributed by atoms with Crippen molar-refractivity contribution in [2.24, 2.45) is 0 Å². The van der Waals surface area contributed by atoms with Gasteiger partial charge in [0, 0.05) is 6.54 Å². The lowest BCUT2D eigenvalue weighted by molar-refractivity contribution is 0.355. The van der Waals surface area contributed by atoms with Crippen molar-refractivity contribution in [3.8, 4) is 0 Å². The molecule has 0 radical (unpaired) electrons. The summed E-state index contributed by atoms with van der Waals surface area (Å²) in [5, 5.41) is 0. The molecule has 2 aromatic heterocycles. The molecule has 0 saturated carbocycles. The zero-order chi connectivity index (χ0) is 16.5. The van der Waals surface area contributed by atoms with Crippen molar-refractivity contribution in [2.45, 2.75) is 18.6 Å². The van der Waals surface area contributed by atoms with E-state index in [-0.39, 0.29) is 36.2 Å². The van der Waals surface area contributed by atoms with Gasteiger partial charge < -0.3 is 20.1 Å². The second-order valence-corrected chi connectivity index (χ2v) is 6.30. The lowest BCUT2D eigenvalue weighted by Gasteiger charge is -2.14. The summed E-state index contributed by atoms with van der Waals surface area (Å²) < 4.78 is 37.0. The predicted octanol–water partition coefficient (Wildman–Crippen LogP) is 0.419. The standard InChI is InChI=1S/C10H12F2N5O4P/c11-6(12)3-5(22(19,20)21)1-2-17-4-14-7-8(17)15-10(13)16-9(7)18/h3-5H,1-2H2,(H2,19,20,21)(H3,13,15,16,18). The number of nitrogen functional groups attached to an aromatic ring is 1. The molecule has 9 nitrogen and oxygen atoms in total. The SMILES string of the molecule is Nc1nc2c(ncn2CCC(C=C(F)F)P(=O)(O)O)c(=O)[nH]1. The third-order valence-corrected chi connectivity index (χ3v) is 4.18. The topological polar surface area (TPSA) is 147 Å². The number of H-pyrrole nitrogens is 1. The van der Waals surface area contributed by atoms with Gasteiger partial charge in [0.2, 0.25) is 5.95 Å². The number of nitrogens with one attached hydrogen (secondary N) is 1. The van der Waals surface area contributed by atoms with Gasteiger partial charge >= 0.3 is 7.60 Å². The van der Waals surface area contributed by atoms with Crippen molar-refractivity contribution in [3.05, 3.63) is 28.8 Å². The summed E-state index contributed by atoms with van der Waals surface area (Å²) in [5.41, 5.74) is 3.29. The Morgan fingerprint density at radius 2 is 2.23 bits per heavy atom. The minimum absolute atomic E-state index is 0.00542. The van der Waals surface area contributed by atoms with E-state index in [2.05, 4.69) is 15.0 Å². The van der Waals surface area contributed by atoms with Crippen LogP contribution < -0.4 is 11.3 Å². The first kappa shape index (κ1) is 16.3. The smallest absolute Gasteiger partial charge is 0.332 e. The zero-order valence-electron chi connectivity index (χ0n) is 11.0. The van der Waals surface area contributed by atoms with Crippen LogP contribution in [-0.2, 0) is 11.1 Å². The third-order valence-electron chi connectivity index (χ3n) is 2.91. The van der Waals surface area contributed by atoms with Crippen LogP contribution in [-0.4, -0.2) is 35.0 Å². The monoisotopic (exact) mass is 335 g/mol. The molecule has 0 fully saturated rings. The average molecular weight is 335 g/mol. The van der Waals surface area contributed by atoms with Crippen LogP contribution in [0.2, 0.25) is 0 Å². The number of aromatic amines is 1. The van der Waals surface area contributed by atoms with Crippen LogP contribution in [0.3, 0.4) is 0 Å². The average Bonchev–Trinajstić information content (AvgIpc) is 2.76. The maximum Gasteiger partial charge on any atom is 0.332 e. The molecule has 0 bridgehead atoms. The van der Waals surface area contributed by atoms with E-state index in [1.807, 2.05) is 0 Å². The van der Waals surface area contributed by atoms with E-state index >= 15 is 0 Å². The first-order valence-corrected chi connectivity index (χ1v) is 7.65. The summed E-state index contributed by atoms with van der Waals surface area (Å²) in [7, 11) is -4.73. The molecular weight excluding hydrogens is 323 g/mol. The molecule has 0 aromatic carbocycles. The number of rotatable bonds is 5. The van der Waals surface area contributed by atoms with Crippen molar-refractivity contribution in [1.29, 1.82) is 0 Å². The number of allylic oxidation sites excluding steroid dienone is 1. The number of imidazole rings is 1. The molecule has 0 amide bonds. The van der Waals surface area contributed by atoms with Gasteiger partial charge in [0.15, 0.2) is 11.2 Å². The fourth-order valence-corrected chi connectivity index (χ4v) is 2.66. The van der Waals surface area contributed by atoms with Gasteiger partial charge in [-0.3, -0.25) is 14.3 Å². The van der Waals surface area contributed by atoms with E-state index in [1.165, 1.54) is 10.9 Å². The molecule has 2 rings (SSSR count). The lowest BCUT2D eigenvalue weighted by atomic mass is 10.3. The van der Waals surface area contributed by atoms with Crippen LogP contribution in [0.5, 0.6) is 0 Å². The van der Waals surface area contributed by atoms with Crippen LogP contribution in [0.15, 0.2) is 23.3 Å². The Balaban J connectivity index is 2.29. The summed E-state index contributed by atoms with van der Waals surface area (Å²) in [6.07, 6.45) is -1.03. The molecule has 0 aliphatic carbocycles. The second kappa shape index (κ2) is 5.95. The summed E-state index contributed by atoms with van der Waals surface area (Å²) in [6.45, 7) is -0.0774. The number of aromatic nitrogens is 4. The molecule has 120 valence electrons. The Morgan fingerprint density at radius 1 is 1.55 bits per heavy atom. The van der Waals surface area contributed by atoms with E-state index < -0.39 is 24.9 Å². The van der Waals surface area contributed by atoms with Gasteiger partial charge in [-0.15, -0.1) is 0 Å². The number of hydrogen-bond donors (Lipinski definition) is 4.